The van der Waals surface area contributed by atoms with E-state index in [1.807, 2.05) is 49.4 Å². The Hall–Kier alpha value is -1.20. The molecule has 0 spiro atoms. The number of rotatable bonds is 10. The average molecular weight is 406 g/mol. The van der Waals surface area contributed by atoms with E-state index in [-0.39, 0.29) is 12.5 Å². The van der Waals surface area contributed by atoms with Gasteiger partial charge in [0.2, 0.25) is 0 Å². The van der Waals surface area contributed by atoms with Crippen LogP contribution in [0.5, 0.6) is 0 Å². The highest BCUT2D eigenvalue weighted by Gasteiger charge is 2.37. The number of aliphatic hydroxyl groups is 2. The van der Waals surface area contributed by atoms with Crippen LogP contribution in [0, 0.1) is 0 Å². The van der Waals surface area contributed by atoms with Gasteiger partial charge in [-0.1, -0.05) is 65.3 Å². The molecule has 0 aromatic heterocycles. The van der Waals surface area contributed by atoms with Crippen LogP contribution in [0.15, 0.2) is 59.1 Å². The van der Waals surface area contributed by atoms with E-state index in [0.29, 0.717) is 13.0 Å². The fourth-order valence-electron chi connectivity index (χ4n) is 3.25. The molecule has 2 rings (SSSR count). The fraction of sp³-hybridized carbons (Fsp3) is 0.429. The van der Waals surface area contributed by atoms with Crippen molar-refractivity contribution >= 4 is 15.9 Å². The van der Waals surface area contributed by atoms with E-state index in [2.05, 4.69) is 33.4 Å². The van der Waals surface area contributed by atoms with E-state index < -0.39 is 5.60 Å². The van der Waals surface area contributed by atoms with Crippen LogP contribution in [0.1, 0.15) is 43.2 Å². The monoisotopic (exact) mass is 405 g/mol. The zero-order valence-electron chi connectivity index (χ0n) is 14.8. The van der Waals surface area contributed by atoms with Crippen molar-refractivity contribution < 1.29 is 10.2 Å². The lowest BCUT2D eigenvalue weighted by atomic mass is 9.75. The molecule has 0 bridgehead atoms. The SMILES string of the molecule is CC[C@](O)(c1ccc(Br)cc1)[C@@H](CNCCCCO)c1ccccc1. The molecule has 0 radical (unpaired) electrons. The summed E-state index contributed by atoms with van der Waals surface area (Å²) in [7, 11) is 0. The van der Waals surface area contributed by atoms with Crippen molar-refractivity contribution in [3.05, 3.63) is 70.2 Å². The third-order valence-electron chi connectivity index (χ3n) is 4.77. The molecule has 0 aliphatic rings. The van der Waals surface area contributed by atoms with Crippen LogP contribution in [-0.2, 0) is 5.60 Å². The molecule has 3 N–H and O–H groups in total. The lowest BCUT2D eigenvalue weighted by molar-refractivity contribution is 0.00292. The predicted octanol–water partition coefficient (Wildman–Crippen LogP) is 4.19. The summed E-state index contributed by atoms with van der Waals surface area (Å²) in [5, 5.41) is 24.0. The molecule has 0 aliphatic carbocycles. The van der Waals surface area contributed by atoms with Crippen LogP contribution in [-0.4, -0.2) is 29.9 Å². The Balaban J connectivity index is 2.26. The van der Waals surface area contributed by atoms with Gasteiger partial charge in [0.15, 0.2) is 0 Å². The second kappa shape index (κ2) is 10.1. The first kappa shape index (κ1) is 20.1. The smallest absolute Gasteiger partial charge is 0.0974 e. The van der Waals surface area contributed by atoms with Crippen molar-refractivity contribution in [2.75, 3.05) is 19.7 Å². The highest BCUT2D eigenvalue weighted by molar-refractivity contribution is 9.10. The van der Waals surface area contributed by atoms with Crippen molar-refractivity contribution in [2.45, 2.75) is 37.7 Å². The Kier molecular flexibility index (Phi) is 8.10. The molecule has 2 atom stereocenters. The molecular weight excluding hydrogens is 378 g/mol. The van der Waals surface area contributed by atoms with E-state index in [1.54, 1.807) is 0 Å². The Labute approximate surface area is 159 Å². The first-order valence-electron chi connectivity index (χ1n) is 8.96. The Bertz CT molecular complexity index is 618. The van der Waals surface area contributed by atoms with Gasteiger partial charge in [0.25, 0.3) is 0 Å². The second-order valence-electron chi connectivity index (χ2n) is 6.38. The van der Waals surface area contributed by atoms with Crippen LogP contribution < -0.4 is 5.32 Å². The van der Waals surface area contributed by atoms with E-state index in [0.717, 1.165) is 35.0 Å². The number of nitrogens with one attached hydrogen (secondary N) is 1. The normalized spacial score (nSPS) is 14.9. The van der Waals surface area contributed by atoms with Gasteiger partial charge in [0.1, 0.15) is 0 Å². The minimum Gasteiger partial charge on any atom is -0.396 e. The van der Waals surface area contributed by atoms with Gasteiger partial charge in [0.05, 0.1) is 5.60 Å². The Morgan fingerprint density at radius 3 is 2.32 bits per heavy atom. The van der Waals surface area contributed by atoms with Gasteiger partial charge >= 0.3 is 0 Å². The van der Waals surface area contributed by atoms with Gasteiger partial charge in [0, 0.05) is 23.5 Å². The molecule has 0 saturated carbocycles. The van der Waals surface area contributed by atoms with Crippen molar-refractivity contribution in [3.8, 4) is 0 Å². The first-order valence-corrected chi connectivity index (χ1v) is 9.76. The maximum atomic E-state index is 11.6. The molecule has 0 saturated heterocycles. The summed E-state index contributed by atoms with van der Waals surface area (Å²) in [5.41, 5.74) is 1.13. The fourth-order valence-corrected chi connectivity index (χ4v) is 3.51. The average Bonchev–Trinajstić information content (AvgIpc) is 2.65. The van der Waals surface area contributed by atoms with Crippen LogP contribution in [0.4, 0.5) is 0 Å². The summed E-state index contributed by atoms with van der Waals surface area (Å²) in [6, 6.07) is 18.2. The molecule has 0 fully saturated rings. The highest BCUT2D eigenvalue weighted by Crippen LogP contribution is 2.39. The Morgan fingerprint density at radius 2 is 1.72 bits per heavy atom. The van der Waals surface area contributed by atoms with Gasteiger partial charge in [-0.05, 0) is 49.1 Å². The molecule has 0 heterocycles. The topological polar surface area (TPSA) is 52.5 Å². The van der Waals surface area contributed by atoms with E-state index in [9.17, 15) is 5.11 Å². The maximum absolute atomic E-state index is 11.6. The third kappa shape index (κ3) is 5.38. The highest BCUT2D eigenvalue weighted by atomic mass is 79.9. The maximum Gasteiger partial charge on any atom is 0.0974 e. The number of aliphatic hydroxyl groups excluding tert-OH is 1. The molecule has 3 nitrogen and oxygen atoms in total. The molecular formula is C21H28BrNO2. The largest absolute Gasteiger partial charge is 0.396 e. The summed E-state index contributed by atoms with van der Waals surface area (Å²) in [5.74, 6) is -0.0472. The summed E-state index contributed by atoms with van der Waals surface area (Å²) < 4.78 is 1.01. The lowest BCUT2D eigenvalue weighted by Crippen LogP contribution is -2.39. The molecule has 25 heavy (non-hydrogen) atoms. The van der Waals surface area contributed by atoms with Crippen LogP contribution in [0.2, 0.25) is 0 Å². The van der Waals surface area contributed by atoms with E-state index in [1.165, 1.54) is 0 Å². The molecule has 2 aromatic carbocycles. The third-order valence-corrected chi connectivity index (χ3v) is 5.30. The zero-order chi connectivity index (χ0) is 18.1. The molecule has 4 heteroatoms. The summed E-state index contributed by atoms with van der Waals surface area (Å²) in [4.78, 5) is 0. The first-order chi connectivity index (χ1) is 12.1. The quantitative estimate of drug-likeness (QED) is 0.519. The molecule has 0 aliphatic heterocycles. The molecule has 136 valence electrons. The second-order valence-corrected chi connectivity index (χ2v) is 7.30. The summed E-state index contributed by atoms with van der Waals surface area (Å²) in [6.45, 7) is 3.78. The van der Waals surface area contributed by atoms with Crippen molar-refractivity contribution in [1.82, 2.24) is 5.32 Å². The van der Waals surface area contributed by atoms with Gasteiger partial charge in [-0.2, -0.15) is 0 Å². The minimum absolute atomic E-state index is 0.0472. The lowest BCUT2D eigenvalue weighted by Gasteiger charge is -2.37. The molecule has 0 amide bonds. The molecule has 0 unspecified atom stereocenters. The minimum atomic E-state index is -0.938. The van der Waals surface area contributed by atoms with Gasteiger partial charge in [-0.3, -0.25) is 0 Å². The number of halogens is 1. The standard InChI is InChI=1S/C21H28BrNO2/c1-2-21(25,18-10-12-19(22)13-11-18)20(16-23-14-6-7-15-24)17-8-4-3-5-9-17/h3-5,8-13,20,23-25H,2,6-7,14-16H2,1H3/t20-,21-/m0/s1. The van der Waals surface area contributed by atoms with Crippen molar-refractivity contribution in [3.63, 3.8) is 0 Å². The number of benzene rings is 2. The molecule has 2 aromatic rings. The van der Waals surface area contributed by atoms with Gasteiger partial charge in [-0.25, -0.2) is 0 Å². The number of hydrogen-bond acceptors (Lipinski definition) is 3. The number of unbranched alkanes of at least 4 members (excludes halogenated alkanes) is 1. The van der Waals surface area contributed by atoms with Crippen LogP contribution in [0.25, 0.3) is 0 Å². The van der Waals surface area contributed by atoms with Gasteiger partial charge < -0.3 is 15.5 Å². The zero-order valence-corrected chi connectivity index (χ0v) is 16.4. The van der Waals surface area contributed by atoms with Crippen LogP contribution >= 0.6 is 15.9 Å². The van der Waals surface area contributed by atoms with E-state index >= 15 is 0 Å². The summed E-state index contributed by atoms with van der Waals surface area (Å²) in [6.07, 6.45) is 2.36. The van der Waals surface area contributed by atoms with Crippen molar-refractivity contribution in [2.24, 2.45) is 0 Å². The predicted molar refractivity (Wildman–Crippen MR) is 107 cm³/mol. The van der Waals surface area contributed by atoms with E-state index in [4.69, 9.17) is 5.11 Å². The van der Waals surface area contributed by atoms with Crippen LogP contribution in [0.3, 0.4) is 0 Å². The van der Waals surface area contributed by atoms with Crippen molar-refractivity contribution in [1.29, 1.82) is 0 Å². The summed E-state index contributed by atoms with van der Waals surface area (Å²) >= 11 is 3.47. The number of hydrogen-bond donors (Lipinski definition) is 3. The Morgan fingerprint density at radius 1 is 1.04 bits per heavy atom. The van der Waals surface area contributed by atoms with Gasteiger partial charge in [-0.15, -0.1) is 0 Å².